The summed E-state index contributed by atoms with van der Waals surface area (Å²) in [5.74, 6) is -14.3. The first-order chi connectivity index (χ1) is 27.0. The fourth-order valence-electron chi connectivity index (χ4n) is 8.05. The van der Waals surface area contributed by atoms with Gasteiger partial charge in [0.25, 0.3) is 10.1 Å². The molecule has 3 unspecified atom stereocenters. The van der Waals surface area contributed by atoms with Crippen LogP contribution in [0, 0.1) is 51.7 Å². The van der Waals surface area contributed by atoms with Gasteiger partial charge < -0.3 is 4.74 Å². The van der Waals surface area contributed by atoms with Gasteiger partial charge in [-0.25, -0.2) is 30.0 Å². The Bertz CT molecular complexity index is 2490. The standard InChI is InChI=1S/C42H34F6O6S3/c1-41(2)25-20-21-42(41,32(49)22-25)23-56(51,52)54-57(28-16-12-26(53-3)13-17-28,40-37(47)35(45)34(44)36(46)38(40)48)29-18-14-27(15-19-29)55-31-11-7-10-30(43)33(31)39(50)24-8-5-4-6-9-24/h4-19,25H,20-23H2,1-3H3. The van der Waals surface area contributed by atoms with Gasteiger partial charge in [-0.2, -0.15) is 8.42 Å². The number of benzene rings is 5. The minimum absolute atomic E-state index is 0.124. The second kappa shape index (κ2) is 15.0. The second-order valence-corrected chi connectivity index (χ2v) is 20.0. The topological polar surface area (TPSA) is 86.7 Å². The molecule has 57 heavy (non-hydrogen) atoms. The fraction of sp³-hybridized carbons (Fsp3) is 0.238. The van der Waals surface area contributed by atoms with Gasteiger partial charge in [0, 0.05) is 31.6 Å². The highest BCUT2D eigenvalue weighted by molar-refractivity contribution is 8.33. The van der Waals surface area contributed by atoms with Gasteiger partial charge in [-0.05, 0) is 95.1 Å². The van der Waals surface area contributed by atoms with E-state index in [0.717, 1.165) is 17.8 Å². The van der Waals surface area contributed by atoms with E-state index in [1.54, 1.807) is 32.0 Å². The van der Waals surface area contributed by atoms with Crippen molar-refractivity contribution in [2.75, 3.05) is 12.9 Å². The third-order valence-electron chi connectivity index (χ3n) is 11.2. The minimum Gasteiger partial charge on any atom is -0.497 e. The van der Waals surface area contributed by atoms with Crippen LogP contribution in [0.25, 0.3) is 0 Å². The first kappa shape index (κ1) is 40.6. The van der Waals surface area contributed by atoms with Gasteiger partial charge in [0.15, 0.2) is 29.1 Å². The van der Waals surface area contributed by atoms with Crippen molar-refractivity contribution in [1.29, 1.82) is 0 Å². The van der Waals surface area contributed by atoms with Crippen LogP contribution in [0.5, 0.6) is 5.75 Å². The SMILES string of the molecule is COc1ccc(S(OS(=O)(=O)CC23CCC(CC2=O)C3(C)C)(c2ccc(Sc3cccc(F)c3C(=O)c3ccccc3)cc2)c2c(F)c(F)c(F)c(F)c2F)cc1. The number of hydrogen-bond donors (Lipinski definition) is 0. The number of ketones is 2. The largest absolute Gasteiger partial charge is 0.497 e. The number of carbonyl (C=O) groups is 2. The Hall–Kier alpha value is -4.57. The first-order valence-corrected chi connectivity index (χ1v) is 21.5. The number of ether oxygens (including phenoxy) is 1. The Morgan fingerprint density at radius 1 is 0.772 bits per heavy atom. The Morgan fingerprint density at radius 2 is 1.35 bits per heavy atom. The van der Waals surface area contributed by atoms with Crippen LogP contribution < -0.4 is 4.74 Å². The number of rotatable bonds is 12. The predicted molar refractivity (Wildman–Crippen MR) is 202 cm³/mol. The molecule has 2 fully saturated rings. The number of halogens is 6. The molecule has 2 bridgehead atoms. The van der Waals surface area contributed by atoms with Gasteiger partial charge in [0.2, 0.25) is 5.82 Å². The van der Waals surface area contributed by atoms with Gasteiger partial charge >= 0.3 is 0 Å². The molecule has 0 amide bonds. The summed E-state index contributed by atoms with van der Waals surface area (Å²) < 4.78 is 133. The lowest BCUT2D eigenvalue weighted by Gasteiger charge is -2.41. The Kier molecular flexibility index (Phi) is 10.7. The van der Waals surface area contributed by atoms with Gasteiger partial charge in [-0.15, -0.1) is 0 Å². The van der Waals surface area contributed by atoms with E-state index >= 15 is 22.0 Å². The van der Waals surface area contributed by atoms with E-state index < -0.39 is 82.6 Å². The first-order valence-electron chi connectivity index (χ1n) is 17.6. The third-order valence-corrected chi connectivity index (χ3v) is 17.6. The van der Waals surface area contributed by atoms with Crippen molar-refractivity contribution in [3.05, 3.63) is 143 Å². The highest BCUT2D eigenvalue weighted by Gasteiger charge is 2.66. The average molecular weight is 845 g/mol. The van der Waals surface area contributed by atoms with E-state index in [1.165, 1.54) is 79.9 Å². The predicted octanol–water partition coefficient (Wildman–Crippen LogP) is 10.9. The summed E-state index contributed by atoms with van der Waals surface area (Å²) in [4.78, 5) is 25.3. The van der Waals surface area contributed by atoms with Crippen molar-refractivity contribution < 1.29 is 52.7 Å². The third kappa shape index (κ3) is 6.75. The van der Waals surface area contributed by atoms with E-state index in [1.807, 2.05) is 0 Å². The molecule has 2 saturated carbocycles. The lowest BCUT2D eigenvalue weighted by atomic mass is 9.70. The number of hydrogen-bond acceptors (Lipinski definition) is 7. The van der Waals surface area contributed by atoms with Gasteiger partial charge in [-0.3, -0.25) is 9.59 Å². The molecule has 0 N–H and O–H groups in total. The summed E-state index contributed by atoms with van der Waals surface area (Å²) in [6.45, 7) is 3.54. The molecule has 7 rings (SSSR count). The summed E-state index contributed by atoms with van der Waals surface area (Å²) in [6, 6.07) is 22.2. The van der Waals surface area contributed by atoms with Crippen LogP contribution in [0.4, 0.5) is 26.3 Å². The molecule has 5 aromatic rings. The smallest absolute Gasteiger partial charge is 0.278 e. The molecule has 2 aliphatic rings. The maximum Gasteiger partial charge on any atom is 0.278 e. The molecule has 15 heteroatoms. The van der Waals surface area contributed by atoms with E-state index in [9.17, 15) is 22.4 Å². The van der Waals surface area contributed by atoms with Crippen molar-refractivity contribution in [3.8, 4) is 5.75 Å². The molecule has 0 saturated heterocycles. The number of Topliss-reactive ketones (excluding diaryl/α,β-unsaturated/α-hetero) is 1. The summed E-state index contributed by atoms with van der Waals surface area (Å²) in [6.07, 6.45) is 0.867. The monoisotopic (exact) mass is 844 g/mol. The Balaban J connectivity index is 1.41. The second-order valence-electron chi connectivity index (χ2n) is 14.4. The summed E-state index contributed by atoms with van der Waals surface area (Å²) in [5, 5.41) is 0. The molecule has 0 heterocycles. The van der Waals surface area contributed by atoms with Gasteiger partial charge in [0.05, 0.1) is 23.8 Å². The normalized spacial score (nSPS) is 20.3. The lowest BCUT2D eigenvalue weighted by molar-refractivity contribution is -0.128. The maximum atomic E-state index is 16.3. The molecule has 2 aliphatic carbocycles. The van der Waals surface area contributed by atoms with Crippen LogP contribution in [-0.4, -0.2) is 32.8 Å². The highest BCUT2D eigenvalue weighted by Crippen LogP contribution is 2.73. The molecule has 3 atom stereocenters. The molecule has 0 spiro atoms. The van der Waals surface area contributed by atoms with E-state index in [0.29, 0.717) is 11.3 Å². The molecular formula is C42H34F6O6S3. The summed E-state index contributed by atoms with van der Waals surface area (Å²) >= 11 is 0.940. The van der Waals surface area contributed by atoms with Crippen molar-refractivity contribution in [2.45, 2.75) is 57.6 Å². The lowest BCUT2D eigenvalue weighted by Crippen LogP contribution is -2.42. The number of methoxy groups -OCH3 is 1. The molecule has 0 radical (unpaired) electrons. The fourth-order valence-corrected chi connectivity index (χ4v) is 15.1. The number of fused-ring (bicyclic) bond motifs is 2. The van der Waals surface area contributed by atoms with Crippen LogP contribution in [0.15, 0.2) is 122 Å². The highest BCUT2D eigenvalue weighted by atomic mass is 32.3. The quantitative estimate of drug-likeness (QED) is 0.0535. The van der Waals surface area contributed by atoms with Crippen LogP contribution in [0.3, 0.4) is 0 Å². The maximum absolute atomic E-state index is 16.3. The molecule has 0 aliphatic heterocycles. The van der Waals surface area contributed by atoms with Crippen LogP contribution in [0.1, 0.15) is 49.0 Å². The van der Waals surface area contributed by atoms with Gasteiger partial charge in [-0.1, -0.05) is 62.0 Å². The van der Waals surface area contributed by atoms with E-state index in [-0.39, 0.29) is 56.1 Å². The average Bonchev–Trinajstić information content (AvgIpc) is 3.54. The van der Waals surface area contributed by atoms with Crippen molar-refractivity contribution in [1.82, 2.24) is 0 Å². The van der Waals surface area contributed by atoms with Crippen LogP contribution >= 0.6 is 22.1 Å². The zero-order valence-electron chi connectivity index (χ0n) is 30.6. The van der Waals surface area contributed by atoms with Crippen molar-refractivity contribution in [3.63, 3.8) is 0 Å². The van der Waals surface area contributed by atoms with Crippen LogP contribution in [0.2, 0.25) is 0 Å². The van der Waals surface area contributed by atoms with Crippen molar-refractivity contribution in [2.24, 2.45) is 16.7 Å². The molecular weight excluding hydrogens is 811 g/mol. The Labute approximate surface area is 331 Å². The molecule has 6 nitrogen and oxygen atoms in total. The zero-order valence-corrected chi connectivity index (χ0v) is 33.0. The number of carbonyl (C=O) groups excluding carboxylic acids is 2. The Morgan fingerprint density at radius 3 is 1.89 bits per heavy atom. The molecule has 5 aromatic carbocycles. The molecule has 0 aromatic heterocycles. The zero-order chi connectivity index (χ0) is 41.1. The minimum atomic E-state index is -5.08. The van der Waals surface area contributed by atoms with E-state index in [2.05, 4.69) is 0 Å². The summed E-state index contributed by atoms with van der Waals surface area (Å²) in [7, 11) is -8.24. The van der Waals surface area contributed by atoms with Crippen LogP contribution in [-0.2, 0) is 18.5 Å². The summed E-state index contributed by atoms with van der Waals surface area (Å²) in [5.41, 5.74) is -2.24. The molecule has 298 valence electrons. The van der Waals surface area contributed by atoms with E-state index in [4.69, 9.17) is 8.37 Å². The van der Waals surface area contributed by atoms with Gasteiger partial charge in [0.1, 0.15) is 22.2 Å². The van der Waals surface area contributed by atoms with Crippen molar-refractivity contribution >= 4 is 43.8 Å².